The topological polar surface area (TPSA) is 24.5 Å². The highest BCUT2D eigenvalue weighted by molar-refractivity contribution is 4.91. The van der Waals surface area contributed by atoms with Crippen molar-refractivity contribution in [2.24, 2.45) is 11.3 Å². The van der Waals surface area contributed by atoms with Crippen LogP contribution >= 0.6 is 0 Å². The van der Waals surface area contributed by atoms with Crippen LogP contribution in [-0.4, -0.2) is 50.3 Å². The molecule has 19 heavy (non-hydrogen) atoms. The Morgan fingerprint density at radius 1 is 1.21 bits per heavy atom. The summed E-state index contributed by atoms with van der Waals surface area (Å²) in [6.45, 7) is 11.4. The van der Waals surface area contributed by atoms with Gasteiger partial charge in [-0.25, -0.2) is 0 Å². The summed E-state index contributed by atoms with van der Waals surface area (Å²) in [6, 6.07) is 0. The molecule has 1 saturated heterocycles. The fourth-order valence-corrected chi connectivity index (χ4v) is 4.39. The van der Waals surface area contributed by atoms with Gasteiger partial charge >= 0.3 is 0 Å². The first-order chi connectivity index (χ1) is 9.03. The van der Waals surface area contributed by atoms with Crippen molar-refractivity contribution in [3.63, 3.8) is 0 Å². The van der Waals surface area contributed by atoms with Gasteiger partial charge in [-0.2, -0.15) is 0 Å². The van der Waals surface area contributed by atoms with Gasteiger partial charge in [-0.3, -0.25) is 4.90 Å². The summed E-state index contributed by atoms with van der Waals surface area (Å²) in [5.41, 5.74) is 0.489. The van der Waals surface area contributed by atoms with Crippen LogP contribution in [0.15, 0.2) is 0 Å². The maximum Gasteiger partial charge on any atom is 0.0678 e. The SMILES string of the molecule is CNCC1(CN2C[C@@H](C)O[C@@H](C)C2)CCCC(C)C1. The van der Waals surface area contributed by atoms with Crippen molar-refractivity contribution in [1.29, 1.82) is 0 Å². The highest BCUT2D eigenvalue weighted by Crippen LogP contribution is 2.40. The van der Waals surface area contributed by atoms with E-state index >= 15 is 0 Å². The fourth-order valence-electron chi connectivity index (χ4n) is 4.39. The molecule has 112 valence electrons. The second-order valence-corrected chi connectivity index (χ2v) is 7.18. The molecule has 1 N–H and O–H groups in total. The van der Waals surface area contributed by atoms with Crippen molar-refractivity contribution < 1.29 is 4.74 Å². The third-order valence-electron chi connectivity index (χ3n) is 4.79. The van der Waals surface area contributed by atoms with E-state index in [1.165, 1.54) is 32.2 Å². The molecule has 0 aromatic rings. The Bertz CT molecular complexity index is 270. The van der Waals surface area contributed by atoms with Crippen molar-refractivity contribution in [2.45, 2.75) is 58.7 Å². The number of nitrogens with zero attached hydrogens (tertiary/aromatic N) is 1. The molecule has 0 aromatic carbocycles. The van der Waals surface area contributed by atoms with Gasteiger partial charge in [0.15, 0.2) is 0 Å². The number of ether oxygens (including phenoxy) is 1. The zero-order valence-electron chi connectivity index (χ0n) is 13.2. The molecule has 1 aliphatic carbocycles. The van der Waals surface area contributed by atoms with Crippen molar-refractivity contribution >= 4 is 0 Å². The van der Waals surface area contributed by atoms with E-state index < -0.39 is 0 Å². The summed E-state index contributed by atoms with van der Waals surface area (Å²) in [6.07, 6.45) is 6.36. The molecule has 0 bridgehead atoms. The third kappa shape index (κ3) is 4.17. The van der Waals surface area contributed by atoms with Gasteiger partial charge in [0.25, 0.3) is 0 Å². The highest BCUT2D eigenvalue weighted by atomic mass is 16.5. The summed E-state index contributed by atoms with van der Waals surface area (Å²) in [7, 11) is 2.10. The maximum atomic E-state index is 5.86. The van der Waals surface area contributed by atoms with Gasteiger partial charge < -0.3 is 10.1 Å². The van der Waals surface area contributed by atoms with E-state index in [-0.39, 0.29) is 0 Å². The van der Waals surface area contributed by atoms with Gasteiger partial charge in [-0.05, 0) is 45.1 Å². The smallest absolute Gasteiger partial charge is 0.0678 e. The van der Waals surface area contributed by atoms with Crippen LogP contribution in [0.2, 0.25) is 0 Å². The molecule has 0 radical (unpaired) electrons. The van der Waals surface area contributed by atoms with Gasteiger partial charge in [0.05, 0.1) is 12.2 Å². The molecular formula is C16H32N2O. The quantitative estimate of drug-likeness (QED) is 0.848. The zero-order valence-corrected chi connectivity index (χ0v) is 13.2. The van der Waals surface area contributed by atoms with E-state index in [0.717, 1.165) is 25.6 Å². The number of hydrogen-bond acceptors (Lipinski definition) is 3. The van der Waals surface area contributed by atoms with Crippen LogP contribution in [0.25, 0.3) is 0 Å². The van der Waals surface area contributed by atoms with Crippen LogP contribution in [0.3, 0.4) is 0 Å². The monoisotopic (exact) mass is 268 g/mol. The number of nitrogens with one attached hydrogen (secondary N) is 1. The van der Waals surface area contributed by atoms with E-state index in [1.54, 1.807) is 0 Å². The largest absolute Gasteiger partial charge is 0.373 e. The summed E-state index contributed by atoms with van der Waals surface area (Å²) < 4.78 is 5.86. The van der Waals surface area contributed by atoms with Gasteiger partial charge in [0.2, 0.25) is 0 Å². The van der Waals surface area contributed by atoms with Crippen LogP contribution in [0.5, 0.6) is 0 Å². The lowest BCUT2D eigenvalue weighted by molar-refractivity contribution is -0.0816. The second-order valence-electron chi connectivity index (χ2n) is 7.18. The van der Waals surface area contributed by atoms with Crippen LogP contribution < -0.4 is 5.32 Å². The van der Waals surface area contributed by atoms with E-state index in [4.69, 9.17) is 4.74 Å². The lowest BCUT2D eigenvalue weighted by Crippen LogP contribution is -2.52. The molecule has 1 aliphatic heterocycles. The third-order valence-corrected chi connectivity index (χ3v) is 4.79. The molecule has 2 aliphatic rings. The van der Waals surface area contributed by atoms with Gasteiger partial charge in [-0.1, -0.05) is 19.8 Å². The minimum atomic E-state index is 0.386. The normalized spacial score (nSPS) is 41.4. The van der Waals surface area contributed by atoms with Crippen molar-refractivity contribution in [3.05, 3.63) is 0 Å². The summed E-state index contributed by atoms with van der Waals surface area (Å²) in [5.74, 6) is 0.887. The average Bonchev–Trinajstić information content (AvgIpc) is 2.27. The van der Waals surface area contributed by atoms with E-state index in [0.29, 0.717) is 17.6 Å². The Balaban J connectivity index is 1.99. The first kappa shape index (κ1) is 15.3. The van der Waals surface area contributed by atoms with Crippen LogP contribution in [-0.2, 0) is 4.74 Å². The van der Waals surface area contributed by atoms with Gasteiger partial charge in [-0.15, -0.1) is 0 Å². The van der Waals surface area contributed by atoms with Crippen molar-refractivity contribution in [1.82, 2.24) is 10.2 Å². The summed E-state index contributed by atoms with van der Waals surface area (Å²) in [5, 5.41) is 3.45. The van der Waals surface area contributed by atoms with Gasteiger partial charge in [0.1, 0.15) is 0 Å². The Labute approximate surface area is 119 Å². The zero-order chi connectivity index (χ0) is 13.9. The Kier molecular flexibility index (Phi) is 5.27. The van der Waals surface area contributed by atoms with Crippen LogP contribution in [0.4, 0.5) is 0 Å². The Morgan fingerprint density at radius 2 is 1.89 bits per heavy atom. The number of morpholine rings is 1. The van der Waals surface area contributed by atoms with Gasteiger partial charge in [0, 0.05) is 26.2 Å². The number of rotatable bonds is 4. The minimum absolute atomic E-state index is 0.386. The van der Waals surface area contributed by atoms with Crippen LogP contribution in [0.1, 0.15) is 46.5 Å². The first-order valence-corrected chi connectivity index (χ1v) is 8.05. The molecule has 0 aromatic heterocycles. The molecule has 0 spiro atoms. The second kappa shape index (κ2) is 6.55. The lowest BCUT2D eigenvalue weighted by Gasteiger charge is -2.46. The van der Waals surface area contributed by atoms with Crippen molar-refractivity contribution in [3.8, 4) is 0 Å². The Hall–Kier alpha value is -0.120. The fraction of sp³-hybridized carbons (Fsp3) is 1.00. The highest BCUT2D eigenvalue weighted by Gasteiger charge is 2.37. The predicted octanol–water partition coefficient (Wildman–Crippen LogP) is 2.51. The lowest BCUT2D eigenvalue weighted by atomic mass is 9.69. The summed E-state index contributed by atoms with van der Waals surface area (Å²) in [4.78, 5) is 2.65. The molecule has 2 rings (SSSR count). The maximum absolute atomic E-state index is 5.86. The number of hydrogen-bond donors (Lipinski definition) is 1. The van der Waals surface area contributed by atoms with E-state index in [1.807, 2.05) is 0 Å². The standard InChI is InChI=1S/C16H32N2O/c1-13-6-5-7-16(8-13,11-17-4)12-18-9-14(2)19-15(3)10-18/h13-15,17H,5-12H2,1-4H3/t13?,14-,15+,16?. The molecule has 0 amide bonds. The molecule has 2 unspecified atom stereocenters. The Morgan fingerprint density at radius 3 is 2.47 bits per heavy atom. The van der Waals surface area contributed by atoms with E-state index in [9.17, 15) is 0 Å². The average molecular weight is 268 g/mol. The predicted molar refractivity (Wildman–Crippen MR) is 80.4 cm³/mol. The molecule has 1 heterocycles. The molecule has 2 fully saturated rings. The molecule has 1 saturated carbocycles. The van der Waals surface area contributed by atoms with Crippen LogP contribution in [0, 0.1) is 11.3 Å². The first-order valence-electron chi connectivity index (χ1n) is 8.05. The summed E-state index contributed by atoms with van der Waals surface area (Å²) >= 11 is 0. The molecular weight excluding hydrogens is 236 g/mol. The molecule has 3 nitrogen and oxygen atoms in total. The van der Waals surface area contributed by atoms with E-state index in [2.05, 4.69) is 38.0 Å². The van der Waals surface area contributed by atoms with Crippen molar-refractivity contribution in [2.75, 3.05) is 33.2 Å². The minimum Gasteiger partial charge on any atom is -0.373 e. The molecule has 4 atom stereocenters. The molecule has 3 heteroatoms.